The van der Waals surface area contributed by atoms with Crippen molar-refractivity contribution < 1.29 is 26.8 Å². The molecule has 4 heteroatoms. The Morgan fingerprint density at radius 1 is 1.24 bits per heavy atom. The number of carbonyl (C=O) groups excluding carboxylic acids is 1. The highest BCUT2D eigenvalue weighted by atomic mass is 35.5. The SMILES string of the molecule is C[NH+](C)Cc1ccccc1.O=C1CCCO1.[Cl-]. The lowest BCUT2D eigenvalue weighted by Gasteiger charge is -2.05. The minimum absolute atomic E-state index is 0. The number of hydrogen-bond acceptors (Lipinski definition) is 2. The number of cyclic esters (lactones) is 1. The third-order valence-electron chi connectivity index (χ3n) is 2.19. The van der Waals surface area contributed by atoms with E-state index in [1.165, 1.54) is 10.5 Å². The maximum Gasteiger partial charge on any atom is 0.305 e. The second-order valence-corrected chi connectivity index (χ2v) is 4.19. The van der Waals surface area contributed by atoms with E-state index in [1.54, 1.807) is 0 Å². The van der Waals surface area contributed by atoms with Crippen molar-refractivity contribution in [3.63, 3.8) is 0 Å². The summed E-state index contributed by atoms with van der Waals surface area (Å²) in [6.07, 6.45) is 1.54. The molecule has 0 saturated carbocycles. The second-order valence-electron chi connectivity index (χ2n) is 4.19. The molecule has 17 heavy (non-hydrogen) atoms. The molecule has 1 saturated heterocycles. The first-order valence-electron chi connectivity index (χ1n) is 5.67. The molecule has 1 aliphatic heterocycles. The maximum absolute atomic E-state index is 10.0. The van der Waals surface area contributed by atoms with Gasteiger partial charge in [-0.2, -0.15) is 0 Å². The van der Waals surface area contributed by atoms with E-state index in [4.69, 9.17) is 0 Å². The van der Waals surface area contributed by atoms with Crippen molar-refractivity contribution in [2.24, 2.45) is 0 Å². The second kappa shape index (κ2) is 9.02. The van der Waals surface area contributed by atoms with Gasteiger partial charge in [-0.15, -0.1) is 0 Å². The fourth-order valence-corrected chi connectivity index (χ4v) is 1.48. The van der Waals surface area contributed by atoms with E-state index in [2.05, 4.69) is 49.2 Å². The lowest BCUT2D eigenvalue weighted by Crippen LogP contribution is -3.04. The minimum atomic E-state index is -0.0463. The zero-order valence-electron chi connectivity index (χ0n) is 10.4. The van der Waals surface area contributed by atoms with Crippen molar-refractivity contribution in [3.8, 4) is 0 Å². The summed E-state index contributed by atoms with van der Waals surface area (Å²) in [5, 5.41) is 0. The van der Waals surface area contributed by atoms with E-state index in [-0.39, 0.29) is 18.4 Å². The highest BCUT2D eigenvalue weighted by Gasteiger charge is 2.08. The van der Waals surface area contributed by atoms with E-state index in [0.717, 1.165) is 13.0 Å². The Kier molecular flexibility index (Phi) is 8.46. The van der Waals surface area contributed by atoms with Gasteiger partial charge in [0, 0.05) is 12.0 Å². The van der Waals surface area contributed by atoms with Crippen LogP contribution in [-0.4, -0.2) is 26.7 Å². The summed E-state index contributed by atoms with van der Waals surface area (Å²) >= 11 is 0. The number of hydrogen-bond donors (Lipinski definition) is 1. The number of rotatable bonds is 2. The average molecular weight is 258 g/mol. The predicted molar refractivity (Wildman–Crippen MR) is 63.1 cm³/mol. The van der Waals surface area contributed by atoms with Crippen molar-refractivity contribution in [3.05, 3.63) is 35.9 Å². The molecular weight excluding hydrogens is 238 g/mol. The largest absolute Gasteiger partial charge is 1.00 e. The van der Waals surface area contributed by atoms with Crippen LogP contribution >= 0.6 is 0 Å². The van der Waals surface area contributed by atoms with Crippen LogP contribution in [0.4, 0.5) is 0 Å². The molecule has 96 valence electrons. The molecule has 0 aliphatic carbocycles. The van der Waals surface area contributed by atoms with Crippen molar-refractivity contribution >= 4 is 5.97 Å². The molecule has 0 unspecified atom stereocenters. The Morgan fingerprint density at radius 3 is 2.24 bits per heavy atom. The predicted octanol–water partition coefficient (Wildman–Crippen LogP) is -2.34. The Bertz CT molecular complexity index is 306. The lowest BCUT2D eigenvalue weighted by atomic mass is 10.2. The minimum Gasteiger partial charge on any atom is -1.00 e. The Hall–Kier alpha value is -1.06. The van der Waals surface area contributed by atoms with Gasteiger partial charge in [0.05, 0.1) is 20.7 Å². The van der Waals surface area contributed by atoms with E-state index < -0.39 is 0 Å². The van der Waals surface area contributed by atoms with Gasteiger partial charge in [0.15, 0.2) is 0 Å². The number of benzene rings is 1. The molecule has 1 fully saturated rings. The number of carbonyl (C=O) groups is 1. The summed E-state index contributed by atoms with van der Waals surface area (Å²) in [4.78, 5) is 11.5. The van der Waals surface area contributed by atoms with Crippen molar-refractivity contribution in [1.82, 2.24) is 0 Å². The summed E-state index contributed by atoms with van der Waals surface area (Å²) in [5.41, 5.74) is 1.41. The molecule has 1 aromatic carbocycles. The molecule has 3 nitrogen and oxygen atoms in total. The van der Waals surface area contributed by atoms with Gasteiger partial charge in [0.25, 0.3) is 0 Å². The molecule has 1 aliphatic rings. The maximum atomic E-state index is 10.0. The molecule has 1 N–H and O–H groups in total. The van der Waals surface area contributed by atoms with Crippen molar-refractivity contribution in [1.29, 1.82) is 0 Å². The average Bonchev–Trinajstić information content (AvgIpc) is 2.71. The zero-order chi connectivity index (χ0) is 11.8. The van der Waals surface area contributed by atoms with Crippen LogP contribution in [-0.2, 0) is 16.1 Å². The first kappa shape index (κ1) is 15.9. The van der Waals surface area contributed by atoms with E-state index in [1.807, 2.05) is 0 Å². The smallest absolute Gasteiger partial charge is 0.305 e. The number of ether oxygens (including phenoxy) is 1. The van der Waals surface area contributed by atoms with Gasteiger partial charge in [-0.05, 0) is 6.42 Å². The van der Waals surface area contributed by atoms with E-state index in [9.17, 15) is 4.79 Å². The summed E-state index contributed by atoms with van der Waals surface area (Å²) in [6.45, 7) is 1.75. The molecule has 0 atom stereocenters. The van der Waals surface area contributed by atoms with Crippen LogP contribution in [0.25, 0.3) is 0 Å². The quantitative estimate of drug-likeness (QED) is 0.602. The topological polar surface area (TPSA) is 30.7 Å². The summed E-state index contributed by atoms with van der Waals surface area (Å²) < 4.78 is 4.51. The third kappa shape index (κ3) is 7.77. The standard InChI is InChI=1S/C9H13N.C4H6O2.ClH/c1-10(2)8-9-6-4-3-5-7-9;5-4-2-1-3-6-4;/h3-7H,8H2,1-2H3;1-3H2;1H. The highest BCUT2D eigenvalue weighted by Crippen LogP contribution is 2.01. The van der Waals surface area contributed by atoms with Gasteiger partial charge in [-0.3, -0.25) is 4.79 Å². The van der Waals surface area contributed by atoms with Crippen LogP contribution in [0.1, 0.15) is 18.4 Å². The number of quaternary nitrogens is 1. The van der Waals surface area contributed by atoms with Gasteiger partial charge < -0.3 is 22.0 Å². The Balaban J connectivity index is 0.000000316. The number of halogens is 1. The first-order valence-corrected chi connectivity index (χ1v) is 5.67. The van der Waals surface area contributed by atoms with Crippen LogP contribution in [0.5, 0.6) is 0 Å². The molecule has 0 spiro atoms. The fraction of sp³-hybridized carbons (Fsp3) is 0.462. The normalized spacial score (nSPS) is 13.5. The van der Waals surface area contributed by atoms with Gasteiger partial charge in [-0.1, -0.05) is 30.3 Å². The van der Waals surface area contributed by atoms with Gasteiger partial charge >= 0.3 is 5.97 Å². The van der Waals surface area contributed by atoms with Crippen LogP contribution in [0, 0.1) is 0 Å². The molecule has 0 aromatic heterocycles. The summed E-state index contributed by atoms with van der Waals surface area (Å²) in [5.74, 6) is -0.0463. The summed E-state index contributed by atoms with van der Waals surface area (Å²) in [6, 6.07) is 10.5. The number of esters is 1. The fourth-order valence-electron chi connectivity index (χ4n) is 1.48. The third-order valence-corrected chi connectivity index (χ3v) is 2.19. The Labute approximate surface area is 109 Å². The van der Waals surface area contributed by atoms with Crippen LogP contribution in [0.2, 0.25) is 0 Å². The van der Waals surface area contributed by atoms with Crippen LogP contribution < -0.4 is 17.3 Å². The Morgan fingerprint density at radius 2 is 1.88 bits per heavy atom. The van der Waals surface area contributed by atoms with Crippen molar-refractivity contribution in [2.75, 3.05) is 20.7 Å². The van der Waals surface area contributed by atoms with Crippen molar-refractivity contribution in [2.45, 2.75) is 19.4 Å². The zero-order valence-corrected chi connectivity index (χ0v) is 11.2. The molecule has 0 bridgehead atoms. The van der Waals surface area contributed by atoms with Gasteiger partial charge in [0.2, 0.25) is 0 Å². The molecule has 1 heterocycles. The molecule has 0 amide bonds. The molecular formula is C13H20ClNO2. The first-order chi connectivity index (χ1) is 7.68. The lowest BCUT2D eigenvalue weighted by molar-refractivity contribution is -0.872. The monoisotopic (exact) mass is 257 g/mol. The number of nitrogens with one attached hydrogen (secondary N) is 1. The summed E-state index contributed by atoms with van der Waals surface area (Å²) in [7, 11) is 4.32. The van der Waals surface area contributed by atoms with Gasteiger partial charge in [0.1, 0.15) is 6.54 Å². The van der Waals surface area contributed by atoms with E-state index >= 15 is 0 Å². The molecule has 0 radical (unpaired) electrons. The highest BCUT2D eigenvalue weighted by molar-refractivity contribution is 5.70. The molecule has 2 rings (SSSR count). The van der Waals surface area contributed by atoms with Crippen LogP contribution in [0.3, 0.4) is 0 Å². The van der Waals surface area contributed by atoms with E-state index in [0.29, 0.717) is 13.0 Å². The van der Waals surface area contributed by atoms with Crippen LogP contribution in [0.15, 0.2) is 30.3 Å². The van der Waals surface area contributed by atoms with Gasteiger partial charge in [-0.25, -0.2) is 0 Å². The molecule has 1 aromatic rings.